The Labute approximate surface area is 59.2 Å². The average molecular weight is 141 g/mol. The number of aromatic nitrogens is 1. The maximum atomic E-state index is 5.54. The number of nitrogen functional groups attached to an aromatic ring is 1. The fraction of sp³-hybridized carbons (Fsp3) is 0.500. The van der Waals surface area contributed by atoms with E-state index in [1.165, 1.54) is 0 Å². The SMILES string of the molecule is Cc1nc(N)oc1C(C)N. The first-order valence-electron chi connectivity index (χ1n) is 3.09. The van der Waals surface area contributed by atoms with Gasteiger partial charge in [-0.15, -0.1) is 0 Å². The van der Waals surface area contributed by atoms with Crippen LogP contribution in [-0.4, -0.2) is 4.98 Å². The Morgan fingerprint density at radius 3 is 2.40 bits per heavy atom. The molecule has 1 aromatic rings. The zero-order chi connectivity index (χ0) is 7.72. The number of nitrogens with zero attached hydrogens (tertiary/aromatic N) is 1. The molecular weight excluding hydrogens is 130 g/mol. The van der Waals surface area contributed by atoms with E-state index in [9.17, 15) is 0 Å². The predicted molar refractivity (Wildman–Crippen MR) is 38.3 cm³/mol. The predicted octanol–water partition coefficient (Wildman–Crippen LogP) is 0.585. The normalized spacial score (nSPS) is 13.5. The van der Waals surface area contributed by atoms with E-state index in [-0.39, 0.29) is 12.1 Å². The van der Waals surface area contributed by atoms with Crippen molar-refractivity contribution in [2.75, 3.05) is 5.73 Å². The highest BCUT2D eigenvalue weighted by molar-refractivity contribution is 5.20. The second-order valence-electron chi connectivity index (χ2n) is 2.29. The van der Waals surface area contributed by atoms with Gasteiger partial charge in [-0.3, -0.25) is 0 Å². The summed E-state index contributed by atoms with van der Waals surface area (Å²) in [7, 11) is 0. The summed E-state index contributed by atoms with van der Waals surface area (Å²) in [6.07, 6.45) is 0. The maximum absolute atomic E-state index is 5.54. The van der Waals surface area contributed by atoms with Gasteiger partial charge in [-0.25, -0.2) is 0 Å². The molecule has 0 aliphatic heterocycles. The zero-order valence-corrected chi connectivity index (χ0v) is 6.09. The summed E-state index contributed by atoms with van der Waals surface area (Å²) in [6, 6.07) is 0.0506. The summed E-state index contributed by atoms with van der Waals surface area (Å²) in [5.74, 6) is 0.664. The molecule has 4 nitrogen and oxygen atoms in total. The number of aryl methyl sites for hydroxylation is 1. The van der Waals surface area contributed by atoms with Gasteiger partial charge in [0.15, 0.2) is 0 Å². The molecule has 0 saturated carbocycles. The van der Waals surface area contributed by atoms with Crippen LogP contribution in [0.4, 0.5) is 6.01 Å². The van der Waals surface area contributed by atoms with Crippen LogP contribution in [-0.2, 0) is 0 Å². The molecule has 0 saturated heterocycles. The van der Waals surface area contributed by atoms with Crippen LogP contribution in [0.1, 0.15) is 24.4 Å². The monoisotopic (exact) mass is 141 g/mol. The van der Waals surface area contributed by atoms with E-state index in [1.54, 1.807) is 0 Å². The van der Waals surface area contributed by atoms with Crippen LogP contribution < -0.4 is 11.5 Å². The highest BCUT2D eigenvalue weighted by Gasteiger charge is 2.10. The van der Waals surface area contributed by atoms with Crippen LogP contribution in [0.25, 0.3) is 0 Å². The van der Waals surface area contributed by atoms with Crippen molar-refractivity contribution in [2.45, 2.75) is 19.9 Å². The van der Waals surface area contributed by atoms with Gasteiger partial charge in [-0.05, 0) is 13.8 Å². The molecule has 0 amide bonds. The molecule has 0 aromatic carbocycles. The van der Waals surface area contributed by atoms with Crippen molar-refractivity contribution >= 4 is 6.01 Å². The molecule has 0 aliphatic rings. The van der Waals surface area contributed by atoms with Crippen molar-refractivity contribution in [3.63, 3.8) is 0 Å². The quantitative estimate of drug-likeness (QED) is 0.599. The van der Waals surface area contributed by atoms with Crippen molar-refractivity contribution in [1.29, 1.82) is 0 Å². The van der Waals surface area contributed by atoms with Crippen molar-refractivity contribution in [2.24, 2.45) is 5.73 Å². The second-order valence-corrected chi connectivity index (χ2v) is 2.29. The minimum absolute atomic E-state index is 0.134. The standard InChI is InChI=1S/C6H11N3O/c1-3(7)5-4(2)9-6(8)10-5/h3H,7H2,1-2H3,(H2,8,9). The van der Waals surface area contributed by atoms with Gasteiger partial charge in [0.25, 0.3) is 6.01 Å². The fourth-order valence-corrected chi connectivity index (χ4v) is 0.852. The molecule has 4 N–H and O–H groups in total. The minimum atomic E-state index is -0.134. The molecular formula is C6H11N3O. The van der Waals surface area contributed by atoms with E-state index in [4.69, 9.17) is 15.9 Å². The van der Waals surface area contributed by atoms with Crippen molar-refractivity contribution in [1.82, 2.24) is 4.98 Å². The summed E-state index contributed by atoms with van der Waals surface area (Å²) < 4.78 is 5.02. The summed E-state index contributed by atoms with van der Waals surface area (Å²) in [4.78, 5) is 3.86. The van der Waals surface area contributed by atoms with E-state index >= 15 is 0 Å². The first kappa shape index (κ1) is 7.08. The van der Waals surface area contributed by atoms with Gasteiger partial charge in [0.05, 0.1) is 11.7 Å². The molecule has 0 fully saturated rings. The molecule has 4 heteroatoms. The van der Waals surface area contributed by atoms with Crippen LogP contribution in [0.15, 0.2) is 4.42 Å². The van der Waals surface area contributed by atoms with Gasteiger partial charge >= 0.3 is 0 Å². The van der Waals surface area contributed by atoms with Crippen LogP contribution in [0.3, 0.4) is 0 Å². The van der Waals surface area contributed by atoms with Gasteiger partial charge in [-0.2, -0.15) is 4.98 Å². The second kappa shape index (κ2) is 2.30. The van der Waals surface area contributed by atoms with Gasteiger partial charge in [-0.1, -0.05) is 0 Å². The molecule has 1 rings (SSSR count). The topological polar surface area (TPSA) is 78.1 Å². The Bertz CT molecular complexity index is 229. The molecule has 0 radical (unpaired) electrons. The largest absolute Gasteiger partial charge is 0.427 e. The number of hydrogen-bond acceptors (Lipinski definition) is 4. The Morgan fingerprint density at radius 2 is 2.20 bits per heavy atom. The van der Waals surface area contributed by atoms with E-state index < -0.39 is 0 Å². The average Bonchev–Trinajstić information content (AvgIpc) is 2.10. The van der Waals surface area contributed by atoms with E-state index in [0.29, 0.717) is 5.76 Å². The van der Waals surface area contributed by atoms with Crippen LogP contribution in [0.5, 0.6) is 0 Å². The maximum Gasteiger partial charge on any atom is 0.292 e. The summed E-state index contributed by atoms with van der Waals surface area (Å²) in [5.41, 5.74) is 11.6. The Balaban J connectivity index is 3.03. The third kappa shape index (κ3) is 1.11. The van der Waals surface area contributed by atoms with Crippen LogP contribution in [0.2, 0.25) is 0 Å². The van der Waals surface area contributed by atoms with Crippen LogP contribution >= 0.6 is 0 Å². The summed E-state index contributed by atoms with van der Waals surface area (Å²) in [5, 5.41) is 0. The molecule has 10 heavy (non-hydrogen) atoms. The summed E-state index contributed by atoms with van der Waals surface area (Å²) in [6.45, 7) is 3.64. The first-order chi connectivity index (χ1) is 4.61. The van der Waals surface area contributed by atoms with Gasteiger partial charge < -0.3 is 15.9 Å². The van der Waals surface area contributed by atoms with Gasteiger partial charge in [0.1, 0.15) is 5.76 Å². The molecule has 1 heterocycles. The molecule has 0 bridgehead atoms. The summed E-state index contributed by atoms with van der Waals surface area (Å²) >= 11 is 0. The molecule has 0 aliphatic carbocycles. The molecule has 1 unspecified atom stereocenters. The lowest BCUT2D eigenvalue weighted by molar-refractivity contribution is 0.489. The zero-order valence-electron chi connectivity index (χ0n) is 6.09. The van der Waals surface area contributed by atoms with Crippen molar-refractivity contribution in [3.8, 4) is 0 Å². The number of hydrogen-bond donors (Lipinski definition) is 2. The van der Waals surface area contributed by atoms with E-state index in [2.05, 4.69) is 4.98 Å². The number of nitrogens with two attached hydrogens (primary N) is 2. The minimum Gasteiger partial charge on any atom is -0.427 e. The van der Waals surface area contributed by atoms with Crippen molar-refractivity contribution in [3.05, 3.63) is 11.5 Å². The first-order valence-corrected chi connectivity index (χ1v) is 3.09. The molecule has 1 aromatic heterocycles. The molecule has 0 spiro atoms. The Morgan fingerprint density at radius 1 is 1.60 bits per heavy atom. The number of oxazole rings is 1. The smallest absolute Gasteiger partial charge is 0.292 e. The Hall–Kier alpha value is -1.03. The fourth-order valence-electron chi connectivity index (χ4n) is 0.852. The van der Waals surface area contributed by atoms with Gasteiger partial charge in [0.2, 0.25) is 0 Å². The van der Waals surface area contributed by atoms with Gasteiger partial charge in [0, 0.05) is 0 Å². The highest BCUT2D eigenvalue weighted by atomic mass is 16.4. The van der Waals surface area contributed by atoms with Crippen LogP contribution in [0, 0.1) is 6.92 Å². The Kier molecular flexibility index (Phi) is 1.63. The van der Waals surface area contributed by atoms with E-state index in [1.807, 2.05) is 13.8 Å². The van der Waals surface area contributed by atoms with E-state index in [0.717, 1.165) is 5.69 Å². The third-order valence-electron chi connectivity index (χ3n) is 1.26. The lowest BCUT2D eigenvalue weighted by Gasteiger charge is -1.98. The molecule has 56 valence electrons. The number of anilines is 1. The molecule has 1 atom stereocenters. The third-order valence-corrected chi connectivity index (χ3v) is 1.26. The lowest BCUT2D eigenvalue weighted by atomic mass is 10.2. The highest BCUT2D eigenvalue weighted by Crippen LogP contribution is 2.16. The van der Waals surface area contributed by atoms with Crippen molar-refractivity contribution < 1.29 is 4.42 Å². The number of rotatable bonds is 1. The lowest BCUT2D eigenvalue weighted by Crippen LogP contribution is -2.04.